The van der Waals surface area contributed by atoms with Crippen LogP contribution in [0.4, 0.5) is 0 Å². The zero-order valence-corrected chi connectivity index (χ0v) is 17.2. The third-order valence-corrected chi connectivity index (χ3v) is 6.73. The van der Waals surface area contributed by atoms with Crippen LogP contribution in [0.5, 0.6) is 0 Å². The van der Waals surface area contributed by atoms with Crippen molar-refractivity contribution in [2.24, 2.45) is 17.8 Å². The van der Waals surface area contributed by atoms with E-state index in [1.54, 1.807) is 0 Å². The van der Waals surface area contributed by atoms with Gasteiger partial charge in [-0.25, -0.2) is 0 Å². The number of nitrogens with zero attached hydrogens (tertiary/aromatic N) is 2. The average Bonchev–Trinajstić information content (AvgIpc) is 3.20. The highest BCUT2D eigenvalue weighted by Crippen LogP contribution is 2.38. The van der Waals surface area contributed by atoms with E-state index in [4.69, 9.17) is 0 Å². The van der Waals surface area contributed by atoms with Gasteiger partial charge in [-0.3, -0.25) is 9.78 Å². The lowest BCUT2D eigenvalue weighted by Crippen LogP contribution is -2.34. The van der Waals surface area contributed by atoms with Crippen LogP contribution in [0.1, 0.15) is 75.9 Å². The summed E-state index contributed by atoms with van der Waals surface area (Å²) in [6, 6.07) is 6.63. The first-order chi connectivity index (χ1) is 13.1. The first-order valence-electron chi connectivity index (χ1n) is 11.0. The van der Waals surface area contributed by atoms with Crippen LogP contribution < -0.4 is 5.32 Å². The molecule has 2 aliphatic carbocycles. The zero-order chi connectivity index (χ0) is 19.1. The molecule has 4 nitrogen and oxygen atoms in total. The standard InChI is InChI=1S/C23H37N3O/c1-26(2)23(21-9-5-6-16-24-21)20-13-10-19(11-14-20)17-25-22(27)15-12-18-7-3-4-8-18/h5-6,9,16,18-20,23H,3-4,7-8,10-15,17H2,1-2H3,(H,25,27)/t19?,20?,23-/m0/s1. The number of hydrogen-bond acceptors (Lipinski definition) is 3. The summed E-state index contributed by atoms with van der Waals surface area (Å²) in [5, 5.41) is 3.21. The van der Waals surface area contributed by atoms with E-state index in [0.29, 0.717) is 17.9 Å². The number of rotatable bonds is 8. The van der Waals surface area contributed by atoms with E-state index in [9.17, 15) is 4.79 Å². The van der Waals surface area contributed by atoms with E-state index in [1.807, 2.05) is 12.3 Å². The lowest BCUT2D eigenvalue weighted by Gasteiger charge is -2.37. The molecule has 0 radical (unpaired) electrons. The quantitative estimate of drug-likeness (QED) is 0.728. The molecular weight excluding hydrogens is 334 g/mol. The van der Waals surface area contributed by atoms with Crippen molar-refractivity contribution in [1.82, 2.24) is 15.2 Å². The van der Waals surface area contributed by atoms with Gasteiger partial charge in [0.2, 0.25) is 5.91 Å². The molecule has 0 unspecified atom stereocenters. The monoisotopic (exact) mass is 371 g/mol. The van der Waals surface area contributed by atoms with Crippen molar-refractivity contribution in [1.29, 1.82) is 0 Å². The fourth-order valence-corrected chi connectivity index (χ4v) is 5.17. The van der Waals surface area contributed by atoms with Gasteiger partial charge in [0.1, 0.15) is 0 Å². The minimum atomic E-state index is 0.267. The highest BCUT2D eigenvalue weighted by atomic mass is 16.1. The Kier molecular flexibility index (Phi) is 7.69. The van der Waals surface area contributed by atoms with Gasteiger partial charge in [0.05, 0.1) is 11.7 Å². The van der Waals surface area contributed by atoms with Gasteiger partial charge < -0.3 is 10.2 Å². The molecule has 27 heavy (non-hydrogen) atoms. The molecule has 3 rings (SSSR count). The molecule has 1 N–H and O–H groups in total. The second-order valence-corrected chi connectivity index (χ2v) is 8.94. The molecule has 1 heterocycles. The Morgan fingerprint density at radius 3 is 2.48 bits per heavy atom. The number of hydrogen-bond donors (Lipinski definition) is 1. The van der Waals surface area contributed by atoms with Crippen LogP contribution in [0.2, 0.25) is 0 Å². The predicted octanol–water partition coefficient (Wildman–Crippen LogP) is 4.58. The highest BCUT2D eigenvalue weighted by molar-refractivity contribution is 5.75. The molecular formula is C23H37N3O. The lowest BCUT2D eigenvalue weighted by molar-refractivity contribution is -0.121. The van der Waals surface area contributed by atoms with Crippen molar-refractivity contribution in [2.75, 3.05) is 20.6 Å². The van der Waals surface area contributed by atoms with E-state index in [2.05, 4.69) is 41.4 Å². The summed E-state index contributed by atoms with van der Waals surface area (Å²) in [6.45, 7) is 0.867. The Balaban J connectivity index is 1.39. The third kappa shape index (κ3) is 6.03. The van der Waals surface area contributed by atoms with E-state index in [0.717, 1.165) is 25.3 Å². The Hall–Kier alpha value is -1.42. The SMILES string of the molecule is CN(C)[C@H](c1ccccn1)C1CCC(CNC(=O)CCC2CCCC2)CC1. The molecule has 1 amide bonds. The molecule has 0 aliphatic heterocycles. The summed E-state index contributed by atoms with van der Waals surface area (Å²) in [4.78, 5) is 19.1. The van der Waals surface area contributed by atoms with Crippen LogP contribution in [-0.2, 0) is 4.79 Å². The van der Waals surface area contributed by atoms with Gasteiger partial charge in [-0.15, -0.1) is 0 Å². The molecule has 2 saturated carbocycles. The van der Waals surface area contributed by atoms with Crippen LogP contribution in [0.25, 0.3) is 0 Å². The number of nitrogens with one attached hydrogen (secondary N) is 1. The van der Waals surface area contributed by atoms with Gasteiger partial charge in [0, 0.05) is 19.2 Å². The lowest BCUT2D eigenvalue weighted by atomic mass is 9.77. The number of carbonyl (C=O) groups excluding carboxylic acids is 1. The van der Waals surface area contributed by atoms with Crippen molar-refractivity contribution in [3.05, 3.63) is 30.1 Å². The van der Waals surface area contributed by atoms with Gasteiger partial charge in [-0.2, -0.15) is 0 Å². The van der Waals surface area contributed by atoms with E-state index >= 15 is 0 Å². The molecule has 1 aromatic heterocycles. The average molecular weight is 372 g/mol. The Morgan fingerprint density at radius 2 is 1.85 bits per heavy atom. The largest absolute Gasteiger partial charge is 0.356 e. The minimum Gasteiger partial charge on any atom is -0.356 e. The van der Waals surface area contributed by atoms with Gasteiger partial charge in [-0.05, 0) is 76.1 Å². The second-order valence-electron chi connectivity index (χ2n) is 8.94. The summed E-state index contributed by atoms with van der Waals surface area (Å²) in [5.41, 5.74) is 1.19. The van der Waals surface area contributed by atoms with Crippen molar-refractivity contribution in [3.63, 3.8) is 0 Å². The fourth-order valence-electron chi connectivity index (χ4n) is 5.17. The molecule has 4 heteroatoms. The number of amides is 1. The van der Waals surface area contributed by atoms with Crippen molar-refractivity contribution in [3.8, 4) is 0 Å². The van der Waals surface area contributed by atoms with Crippen LogP contribution >= 0.6 is 0 Å². The number of aromatic nitrogens is 1. The maximum Gasteiger partial charge on any atom is 0.220 e. The summed E-state index contributed by atoms with van der Waals surface area (Å²) < 4.78 is 0. The summed E-state index contributed by atoms with van der Waals surface area (Å²) >= 11 is 0. The highest BCUT2D eigenvalue weighted by Gasteiger charge is 2.30. The van der Waals surface area contributed by atoms with E-state index < -0.39 is 0 Å². The molecule has 1 aromatic rings. The number of pyridine rings is 1. The number of carbonyl (C=O) groups is 1. The second kappa shape index (κ2) is 10.2. The molecule has 2 aliphatic rings. The normalized spacial score (nSPS) is 24.9. The van der Waals surface area contributed by atoms with Crippen molar-refractivity contribution < 1.29 is 4.79 Å². The van der Waals surface area contributed by atoms with Gasteiger partial charge in [0.15, 0.2) is 0 Å². The first kappa shape index (κ1) is 20.3. The van der Waals surface area contributed by atoms with Crippen molar-refractivity contribution >= 4 is 5.91 Å². The van der Waals surface area contributed by atoms with Crippen LogP contribution in [0.3, 0.4) is 0 Å². The van der Waals surface area contributed by atoms with E-state index in [1.165, 1.54) is 57.1 Å². The Morgan fingerprint density at radius 1 is 1.11 bits per heavy atom. The topological polar surface area (TPSA) is 45.2 Å². The summed E-state index contributed by atoms with van der Waals surface area (Å²) in [5.74, 6) is 2.37. The minimum absolute atomic E-state index is 0.267. The van der Waals surface area contributed by atoms with Crippen LogP contribution in [0.15, 0.2) is 24.4 Å². The molecule has 0 bridgehead atoms. The zero-order valence-electron chi connectivity index (χ0n) is 17.2. The maximum atomic E-state index is 12.2. The maximum absolute atomic E-state index is 12.2. The van der Waals surface area contributed by atoms with Gasteiger partial charge in [-0.1, -0.05) is 31.7 Å². The van der Waals surface area contributed by atoms with Gasteiger partial charge >= 0.3 is 0 Å². The molecule has 0 aromatic carbocycles. The third-order valence-electron chi connectivity index (χ3n) is 6.73. The van der Waals surface area contributed by atoms with Crippen LogP contribution in [0, 0.1) is 17.8 Å². The molecule has 1 atom stereocenters. The van der Waals surface area contributed by atoms with Gasteiger partial charge in [0.25, 0.3) is 0 Å². The van der Waals surface area contributed by atoms with E-state index in [-0.39, 0.29) is 5.91 Å². The van der Waals surface area contributed by atoms with Crippen LogP contribution in [-0.4, -0.2) is 36.4 Å². The Labute approximate surface area is 165 Å². The predicted molar refractivity (Wildman–Crippen MR) is 110 cm³/mol. The molecule has 0 saturated heterocycles. The Bertz CT molecular complexity index is 560. The molecule has 2 fully saturated rings. The molecule has 150 valence electrons. The van der Waals surface area contributed by atoms with Crippen molar-refractivity contribution in [2.45, 2.75) is 70.3 Å². The summed E-state index contributed by atoms with van der Waals surface area (Å²) in [6.07, 6.45) is 14.0. The smallest absolute Gasteiger partial charge is 0.220 e. The molecule has 0 spiro atoms. The first-order valence-corrected chi connectivity index (χ1v) is 11.0. The summed E-state index contributed by atoms with van der Waals surface area (Å²) in [7, 11) is 4.33. The fraction of sp³-hybridized carbons (Fsp3) is 0.739.